The highest BCUT2D eigenvalue weighted by Crippen LogP contribution is 2.28. The van der Waals surface area contributed by atoms with E-state index in [0.717, 1.165) is 25.7 Å². The van der Waals surface area contributed by atoms with Gasteiger partial charge < -0.3 is 10.4 Å². The van der Waals surface area contributed by atoms with Crippen LogP contribution in [-0.4, -0.2) is 27.2 Å². The third-order valence-electron chi connectivity index (χ3n) is 3.04. The molecule has 1 aliphatic rings. The Labute approximate surface area is 100 Å². The van der Waals surface area contributed by atoms with E-state index >= 15 is 0 Å². The molecule has 88 valence electrons. The summed E-state index contributed by atoms with van der Waals surface area (Å²) in [6.07, 6.45) is 8.09. The molecule has 5 heteroatoms. The molecule has 1 fully saturated rings. The molecule has 1 aromatic rings. The van der Waals surface area contributed by atoms with Gasteiger partial charge in [-0.1, -0.05) is 30.9 Å². The molecule has 0 unspecified atom stereocenters. The van der Waals surface area contributed by atoms with Crippen LogP contribution in [0.15, 0.2) is 12.5 Å². The second kappa shape index (κ2) is 4.97. The number of aromatic nitrogens is 2. The maximum absolute atomic E-state index is 10.3. The zero-order valence-electron chi connectivity index (χ0n) is 9.12. The van der Waals surface area contributed by atoms with Gasteiger partial charge in [0.2, 0.25) is 0 Å². The van der Waals surface area contributed by atoms with Crippen molar-refractivity contribution in [1.29, 1.82) is 0 Å². The van der Waals surface area contributed by atoms with Crippen LogP contribution in [-0.2, 0) is 0 Å². The lowest BCUT2D eigenvalue weighted by Gasteiger charge is -2.32. The summed E-state index contributed by atoms with van der Waals surface area (Å²) < 4.78 is 0. The van der Waals surface area contributed by atoms with Crippen molar-refractivity contribution in [3.63, 3.8) is 0 Å². The van der Waals surface area contributed by atoms with Crippen LogP contribution in [0.5, 0.6) is 0 Å². The van der Waals surface area contributed by atoms with E-state index in [9.17, 15) is 5.11 Å². The Morgan fingerprint density at radius 1 is 1.38 bits per heavy atom. The summed E-state index contributed by atoms with van der Waals surface area (Å²) in [5.74, 6) is 0.593. The number of aliphatic hydroxyl groups is 1. The molecule has 0 spiro atoms. The molecular weight excluding hydrogens is 226 g/mol. The molecule has 2 N–H and O–H groups in total. The number of hydrogen-bond acceptors (Lipinski definition) is 4. The average molecular weight is 242 g/mol. The van der Waals surface area contributed by atoms with Crippen LogP contribution < -0.4 is 5.32 Å². The first-order valence-corrected chi connectivity index (χ1v) is 5.99. The standard InChI is InChI=1S/C11H16ClN3O/c12-9-6-13-8-15-10(9)14-7-11(16)4-2-1-3-5-11/h6,8,16H,1-5,7H2,(H,13,14,15). The molecule has 1 aliphatic carbocycles. The van der Waals surface area contributed by atoms with Crippen molar-refractivity contribution in [2.75, 3.05) is 11.9 Å². The van der Waals surface area contributed by atoms with E-state index < -0.39 is 5.60 Å². The Kier molecular flexibility index (Phi) is 3.61. The summed E-state index contributed by atoms with van der Waals surface area (Å²) in [7, 11) is 0. The SMILES string of the molecule is OC1(CNc2ncncc2Cl)CCCCC1. The highest BCUT2D eigenvalue weighted by Gasteiger charge is 2.28. The molecule has 1 aromatic heterocycles. The normalized spacial score (nSPS) is 19.4. The van der Waals surface area contributed by atoms with Gasteiger partial charge in [-0.2, -0.15) is 0 Å². The Morgan fingerprint density at radius 3 is 2.81 bits per heavy atom. The largest absolute Gasteiger partial charge is 0.388 e. The molecule has 0 bridgehead atoms. The maximum Gasteiger partial charge on any atom is 0.148 e. The quantitative estimate of drug-likeness (QED) is 0.852. The minimum absolute atomic E-state index is 0.488. The summed E-state index contributed by atoms with van der Waals surface area (Å²) in [6.45, 7) is 0.504. The summed E-state index contributed by atoms with van der Waals surface area (Å²) in [4.78, 5) is 7.84. The maximum atomic E-state index is 10.3. The number of anilines is 1. The monoisotopic (exact) mass is 241 g/mol. The number of rotatable bonds is 3. The molecule has 4 nitrogen and oxygen atoms in total. The number of nitrogens with one attached hydrogen (secondary N) is 1. The summed E-state index contributed by atoms with van der Waals surface area (Å²) in [5.41, 5.74) is -0.605. The fourth-order valence-electron chi connectivity index (χ4n) is 2.08. The van der Waals surface area contributed by atoms with Crippen molar-refractivity contribution < 1.29 is 5.11 Å². The van der Waals surface area contributed by atoms with Gasteiger partial charge >= 0.3 is 0 Å². The van der Waals surface area contributed by atoms with E-state index in [2.05, 4.69) is 15.3 Å². The lowest BCUT2D eigenvalue weighted by Crippen LogP contribution is -2.39. The highest BCUT2D eigenvalue weighted by atomic mass is 35.5. The van der Waals surface area contributed by atoms with E-state index in [1.807, 2.05) is 0 Å². The van der Waals surface area contributed by atoms with Crippen LogP contribution in [0.3, 0.4) is 0 Å². The van der Waals surface area contributed by atoms with Crippen molar-refractivity contribution in [2.24, 2.45) is 0 Å². The fourth-order valence-corrected chi connectivity index (χ4v) is 2.25. The molecule has 0 saturated heterocycles. The first kappa shape index (κ1) is 11.6. The van der Waals surface area contributed by atoms with Crippen LogP contribution in [0.4, 0.5) is 5.82 Å². The second-order valence-corrected chi connectivity index (χ2v) is 4.77. The first-order chi connectivity index (χ1) is 7.70. The Bertz CT molecular complexity index is 353. The van der Waals surface area contributed by atoms with E-state index in [1.54, 1.807) is 6.20 Å². The van der Waals surface area contributed by atoms with Gasteiger partial charge in [0.15, 0.2) is 0 Å². The first-order valence-electron chi connectivity index (χ1n) is 5.61. The molecule has 16 heavy (non-hydrogen) atoms. The van der Waals surface area contributed by atoms with Gasteiger partial charge in [0, 0.05) is 6.54 Å². The van der Waals surface area contributed by atoms with E-state index in [1.165, 1.54) is 12.7 Å². The fraction of sp³-hybridized carbons (Fsp3) is 0.636. The third-order valence-corrected chi connectivity index (χ3v) is 3.31. The van der Waals surface area contributed by atoms with E-state index in [4.69, 9.17) is 11.6 Å². The Morgan fingerprint density at radius 2 is 2.12 bits per heavy atom. The van der Waals surface area contributed by atoms with Crippen molar-refractivity contribution in [3.05, 3.63) is 17.5 Å². The highest BCUT2D eigenvalue weighted by molar-refractivity contribution is 6.32. The van der Waals surface area contributed by atoms with Crippen LogP contribution in [0.1, 0.15) is 32.1 Å². The second-order valence-electron chi connectivity index (χ2n) is 4.36. The van der Waals surface area contributed by atoms with Gasteiger partial charge in [0.05, 0.1) is 11.8 Å². The van der Waals surface area contributed by atoms with Crippen LogP contribution >= 0.6 is 11.6 Å². The van der Waals surface area contributed by atoms with Gasteiger partial charge in [-0.15, -0.1) is 0 Å². The van der Waals surface area contributed by atoms with Crippen LogP contribution in [0.2, 0.25) is 5.02 Å². The number of hydrogen-bond donors (Lipinski definition) is 2. The lowest BCUT2D eigenvalue weighted by atomic mass is 9.85. The van der Waals surface area contributed by atoms with Crippen molar-refractivity contribution in [3.8, 4) is 0 Å². The van der Waals surface area contributed by atoms with Crippen molar-refractivity contribution in [1.82, 2.24) is 9.97 Å². The number of nitrogens with zero attached hydrogens (tertiary/aromatic N) is 2. The third kappa shape index (κ3) is 2.83. The molecule has 1 heterocycles. The van der Waals surface area contributed by atoms with Gasteiger partial charge in [-0.25, -0.2) is 9.97 Å². The average Bonchev–Trinajstić information content (AvgIpc) is 2.29. The van der Waals surface area contributed by atoms with Gasteiger partial charge in [-0.3, -0.25) is 0 Å². The lowest BCUT2D eigenvalue weighted by molar-refractivity contribution is 0.0166. The van der Waals surface area contributed by atoms with Crippen molar-refractivity contribution in [2.45, 2.75) is 37.7 Å². The minimum atomic E-state index is -0.605. The molecule has 2 rings (SSSR count). The van der Waals surface area contributed by atoms with E-state index in [0.29, 0.717) is 17.4 Å². The summed E-state index contributed by atoms with van der Waals surface area (Å²) in [5, 5.41) is 13.9. The Balaban J connectivity index is 1.94. The van der Waals surface area contributed by atoms with Gasteiger partial charge in [-0.05, 0) is 12.8 Å². The summed E-state index contributed by atoms with van der Waals surface area (Å²) in [6, 6.07) is 0. The smallest absolute Gasteiger partial charge is 0.148 e. The molecular formula is C11H16ClN3O. The zero-order valence-corrected chi connectivity index (χ0v) is 9.87. The summed E-state index contributed by atoms with van der Waals surface area (Å²) >= 11 is 5.92. The van der Waals surface area contributed by atoms with Crippen LogP contribution in [0.25, 0.3) is 0 Å². The molecule has 0 aromatic carbocycles. The molecule has 0 radical (unpaired) electrons. The predicted molar refractivity (Wildman–Crippen MR) is 63.6 cm³/mol. The minimum Gasteiger partial charge on any atom is -0.388 e. The number of halogens is 1. The van der Waals surface area contributed by atoms with Gasteiger partial charge in [0.25, 0.3) is 0 Å². The molecule has 0 aliphatic heterocycles. The Hall–Kier alpha value is -0.870. The molecule has 0 amide bonds. The van der Waals surface area contributed by atoms with Crippen LogP contribution in [0, 0.1) is 0 Å². The van der Waals surface area contributed by atoms with Gasteiger partial charge in [0.1, 0.15) is 17.2 Å². The topological polar surface area (TPSA) is 58.0 Å². The molecule has 1 saturated carbocycles. The van der Waals surface area contributed by atoms with Crippen molar-refractivity contribution >= 4 is 17.4 Å². The zero-order chi connectivity index (χ0) is 11.4. The predicted octanol–water partition coefficient (Wildman–Crippen LogP) is 2.24. The van der Waals surface area contributed by atoms with E-state index in [-0.39, 0.29) is 0 Å². The molecule has 0 atom stereocenters.